The first-order chi connectivity index (χ1) is 17.1. The molecule has 0 amide bonds. The van der Waals surface area contributed by atoms with Gasteiger partial charge >= 0.3 is 0 Å². The average Bonchev–Trinajstić information content (AvgIpc) is 3.35. The summed E-state index contributed by atoms with van der Waals surface area (Å²) < 4.78 is 5.86. The standard InChI is InChI=1S/C25H23Cl2N7O/c26-17-9-11-21(27)20(15-17)22-12-10-19(35-22)16-28-33-24-30-23(29-18-7-3-1-4-8-18)31-25(32-24)34-13-5-2-6-14-34/h1,3-4,7-12,15-16H,2,5-6,13-14H2,(H2,29,30,31,32,33). The number of hydrogen-bond donors (Lipinski definition) is 2. The predicted octanol–water partition coefficient (Wildman–Crippen LogP) is 6.62. The summed E-state index contributed by atoms with van der Waals surface area (Å²) in [5.74, 6) is 2.53. The fourth-order valence-electron chi connectivity index (χ4n) is 3.76. The molecule has 1 aliphatic rings. The van der Waals surface area contributed by atoms with Crippen LogP contribution in [0.5, 0.6) is 0 Å². The number of anilines is 4. The number of nitrogens with one attached hydrogen (secondary N) is 2. The van der Waals surface area contributed by atoms with E-state index in [0.29, 0.717) is 45.0 Å². The molecule has 1 aliphatic heterocycles. The molecular formula is C25H23Cl2N7O. The van der Waals surface area contributed by atoms with Crippen molar-refractivity contribution in [1.29, 1.82) is 0 Å². The van der Waals surface area contributed by atoms with Crippen molar-refractivity contribution in [3.63, 3.8) is 0 Å². The van der Waals surface area contributed by atoms with E-state index in [2.05, 4.69) is 35.7 Å². The van der Waals surface area contributed by atoms with Gasteiger partial charge in [-0.25, -0.2) is 5.43 Å². The van der Waals surface area contributed by atoms with Gasteiger partial charge in [-0.1, -0.05) is 41.4 Å². The molecule has 0 unspecified atom stereocenters. The van der Waals surface area contributed by atoms with Crippen molar-refractivity contribution >= 4 is 52.9 Å². The lowest BCUT2D eigenvalue weighted by Gasteiger charge is -2.26. The monoisotopic (exact) mass is 507 g/mol. The second-order valence-electron chi connectivity index (χ2n) is 8.02. The number of piperidine rings is 1. The zero-order valence-electron chi connectivity index (χ0n) is 18.8. The van der Waals surface area contributed by atoms with E-state index in [9.17, 15) is 0 Å². The molecule has 1 fully saturated rings. The van der Waals surface area contributed by atoms with Crippen LogP contribution in [0.25, 0.3) is 11.3 Å². The predicted molar refractivity (Wildman–Crippen MR) is 141 cm³/mol. The van der Waals surface area contributed by atoms with Crippen molar-refractivity contribution < 1.29 is 4.42 Å². The van der Waals surface area contributed by atoms with Crippen molar-refractivity contribution in [3.05, 3.63) is 76.5 Å². The van der Waals surface area contributed by atoms with Gasteiger partial charge in [0.1, 0.15) is 11.5 Å². The first kappa shape index (κ1) is 23.1. The molecule has 0 saturated carbocycles. The lowest BCUT2D eigenvalue weighted by molar-refractivity contribution is 0.568. The Morgan fingerprint density at radius 2 is 1.69 bits per heavy atom. The van der Waals surface area contributed by atoms with Gasteiger partial charge in [0.25, 0.3) is 0 Å². The highest BCUT2D eigenvalue weighted by molar-refractivity contribution is 6.35. The third kappa shape index (κ3) is 5.90. The molecule has 10 heteroatoms. The normalized spacial score (nSPS) is 13.8. The molecular weight excluding hydrogens is 485 g/mol. The molecule has 0 bridgehead atoms. The van der Waals surface area contributed by atoms with Crippen molar-refractivity contribution in [1.82, 2.24) is 15.0 Å². The Balaban J connectivity index is 1.34. The molecule has 3 heterocycles. The number of aromatic nitrogens is 3. The first-order valence-electron chi connectivity index (χ1n) is 11.3. The minimum absolute atomic E-state index is 0.333. The lowest BCUT2D eigenvalue weighted by atomic mass is 10.1. The largest absolute Gasteiger partial charge is 0.455 e. The molecule has 1 saturated heterocycles. The van der Waals surface area contributed by atoms with E-state index in [1.807, 2.05) is 36.4 Å². The second kappa shape index (κ2) is 10.8. The smallest absolute Gasteiger partial charge is 0.250 e. The molecule has 4 aromatic rings. The van der Waals surface area contributed by atoms with Gasteiger partial charge in [0, 0.05) is 29.4 Å². The summed E-state index contributed by atoms with van der Waals surface area (Å²) in [5.41, 5.74) is 4.51. The Kier molecular flexibility index (Phi) is 7.11. The molecule has 8 nitrogen and oxygen atoms in total. The lowest BCUT2D eigenvalue weighted by Crippen LogP contribution is -2.31. The third-order valence-electron chi connectivity index (χ3n) is 5.47. The fraction of sp³-hybridized carbons (Fsp3) is 0.200. The second-order valence-corrected chi connectivity index (χ2v) is 8.86. The quantitative estimate of drug-likeness (QED) is 0.214. The van der Waals surface area contributed by atoms with Gasteiger partial charge in [-0.05, 0) is 61.7 Å². The summed E-state index contributed by atoms with van der Waals surface area (Å²) in [6, 6.07) is 18.6. The number of nitrogens with zero attached hydrogens (tertiary/aromatic N) is 5. The number of para-hydroxylation sites is 1. The van der Waals surface area contributed by atoms with Crippen LogP contribution in [0.4, 0.5) is 23.5 Å². The average molecular weight is 508 g/mol. The Hall–Kier alpha value is -3.62. The van der Waals surface area contributed by atoms with Gasteiger partial charge in [0.05, 0.1) is 11.2 Å². The molecule has 2 aromatic carbocycles. The van der Waals surface area contributed by atoms with Gasteiger partial charge in [0.2, 0.25) is 17.8 Å². The number of hydrogen-bond acceptors (Lipinski definition) is 8. The van der Waals surface area contributed by atoms with Crippen LogP contribution >= 0.6 is 23.2 Å². The van der Waals surface area contributed by atoms with E-state index in [1.165, 1.54) is 6.42 Å². The Morgan fingerprint density at radius 1 is 0.886 bits per heavy atom. The highest BCUT2D eigenvalue weighted by Crippen LogP contribution is 2.31. The molecule has 2 N–H and O–H groups in total. The molecule has 0 aliphatic carbocycles. The van der Waals surface area contributed by atoms with Crippen LogP contribution in [-0.2, 0) is 0 Å². The topological polar surface area (TPSA) is 91.5 Å². The molecule has 0 spiro atoms. The van der Waals surface area contributed by atoms with Crippen LogP contribution in [0.2, 0.25) is 10.0 Å². The van der Waals surface area contributed by atoms with Gasteiger partial charge in [-0.3, -0.25) is 0 Å². The zero-order chi connectivity index (χ0) is 24.0. The highest BCUT2D eigenvalue weighted by atomic mass is 35.5. The number of benzene rings is 2. The summed E-state index contributed by atoms with van der Waals surface area (Å²) in [4.78, 5) is 15.9. The zero-order valence-corrected chi connectivity index (χ0v) is 20.3. The van der Waals surface area contributed by atoms with Crippen LogP contribution in [0.3, 0.4) is 0 Å². The maximum atomic E-state index is 6.28. The highest BCUT2D eigenvalue weighted by Gasteiger charge is 2.16. The van der Waals surface area contributed by atoms with Crippen LogP contribution < -0.4 is 15.6 Å². The van der Waals surface area contributed by atoms with Crippen molar-refractivity contribution in [2.75, 3.05) is 28.7 Å². The summed E-state index contributed by atoms with van der Waals surface area (Å²) in [6.45, 7) is 1.83. The minimum Gasteiger partial charge on any atom is -0.455 e. The summed E-state index contributed by atoms with van der Waals surface area (Å²) in [6.07, 6.45) is 5.01. The van der Waals surface area contributed by atoms with E-state index in [4.69, 9.17) is 27.6 Å². The fourth-order valence-corrected chi connectivity index (χ4v) is 4.15. The SMILES string of the molecule is Clc1ccc(Cl)c(-c2ccc(C=NNc3nc(Nc4ccccc4)nc(N4CCCCC4)n3)o2)c1. The Morgan fingerprint density at radius 3 is 2.51 bits per heavy atom. The maximum Gasteiger partial charge on any atom is 0.250 e. The summed E-state index contributed by atoms with van der Waals surface area (Å²) in [5, 5.41) is 8.64. The molecule has 5 rings (SSSR count). The Labute approximate surface area is 213 Å². The van der Waals surface area contributed by atoms with Crippen molar-refractivity contribution in [2.45, 2.75) is 19.3 Å². The van der Waals surface area contributed by atoms with E-state index in [1.54, 1.807) is 30.5 Å². The molecule has 0 atom stereocenters. The van der Waals surface area contributed by atoms with Crippen LogP contribution in [0.1, 0.15) is 25.0 Å². The van der Waals surface area contributed by atoms with Gasteiger partial charge in [0.15, 0.2) is 0 Å². The minimum atomic E-state index is 0.333. The van der Waals surface area contributed by atoms with Crippen LogP contribution in [0.15, 0.2) is 70.2 Å². The molecule has 178 valence electrons. The van der Waals surface area contributed by atoms with Crippen LogP contribution in [0, 0.1) is 0 Å². The Bertz CT molecular complexity index is 1320. The van der Waals surface area contributed by atoms with Gasteiger partial charge in [-0.15, -0.1) is 0 Å². The first-order valence-corrected chi connectivity index (χ1v) is 12.1. The van der Waals surface area contributed by atoms with E-state index in [0.717, 1.165) is 31.6 Å². The van der Waals surface area contributed by atoms with Gasteiger partial charge < -0.3 is 14.6 Å². The number of rotatable bonds is 7. The molecule has 35 heavy (non-hydrogen) atoms. The van der Waals surface area contributed by atoms with E-state index >= 15 is 0 Å². The number of furan rings is 1. The molecule has 2 aromatic heterocycles. The van der Waals surface area contributed by atoms with Crippen LogP contribution in [-0.4, -0.2) is 34.3 Å². The van der Waals surface area contributed by atoms with E-state index < -0.39 is 0 Å². The van der Waals surface area contributed by atoms with Gasteiger partial charge in [-0.2, -0.15) is 20.1 Å². The third-order valence-corrected chi connectivity index (χ3v) is 6.03. The van der Waals surface area contributed by atoms with E-state index in [-0.39, 0.29) is 0 Å². The summed E-state index contributed by atoms with van der Waals surface area (Å²) in [7, 11) is 0. The molecule has 0 radical (unpaired) electrons. The maximum absolute atomic E-state index is 6.28. The van der Waals surface area contributed by atoms with Crippen molar-refractivity contribution in [3.8, 4) is 11.3 Å². The van der Waals surface area contributed by atoms with Crippen molar-refractivity contribution in [2.24, 2.45) is 5.10 Å². The number of halogens is 2. The summed E-state index contributed by atoms with van der Waals surface area (Å²) >= 11 is 12.4. The number of hydrazone groups is 1.